The zero-order chi connectivity index (χ0) is 48.2. The molecule has 13 heteroatoms. The molecule has 0 spiro atoms. The quantitative estimate of drug-likeness (QED) is 0.0197. The second-order valence-electron chi connectivity index (χ2n) is 17.7. The molecule has 4 N–H and O–H groups in total. The second kappa shape index (κ2) is 44.0. The SMILES string of the molecule is CC/C=C\C/C=C\C/C=C\C/C=C\CCCCCCC(=O)OC(COCCCCCCCCCCCC/C=C\CCCCCCCCCC)COC1OC(CO)C(O)C(OS(=O)(=O)O)C1O. The first-order valence-electron chi connectivity index (χ1n) is 26.0. The minimum atomic E-state index is -5.07. The maximum Gasteiger partial charge on any atom is 0.397 e. The lowest BCUT2D eigenvalue weighted by Gasteiger charge is -2.41. The number of aliphatic hydroxyl groups is 3. The van der Waals surface area contributed by atoms with Crippen LogP contribution in [0.5, 0.6) is 0 Å². The van der Waals surface area contributed by atoms with E-state index in [-0.39, 0.29) is 19.6 Å². The van der Waals surface area contributed by atoms with Gasteiger partial charge in [-0.3, -0.25) is 9.35 Å². The second-order valence-corrected chi connectivity index (χ2v) is 18.8. The van der Waals surface area contributed by atoms with Crippen LogP contribution in [0.15, 0.2) is 60.8 Å². The van der Waals surface area contributed by atoms with Gasteiger partial charge < -0.3 is 34.3 Å². The standard InChI is InChI=1S/C53H94O12S/c1-3-5-7-9-11-13-15-17-19-21-22-23-24-25-27-29-31-33-35-37-39-41-43-61-45-47(46-62-53-51(57)52(65-66(58,59)60)50(56)48(44-54)64-53)63-49(55)42-40-38-36-34-32-30-28-26-20-18-16-14-12-10-8-6-4-2/h6,8,12,14,18,20-22,28,30,47-48,50-54,56-57H,3-5,7,9-11,13,15-17,19,23-27,29,31-46H2,1-2H3,(H,58,59,60)/b8-6-,14-12-,20-18-,22-21-,30-28-. The lowest BCUT2D eigenvalue weighted by Crippen LogP contribution is -2.60. The Bertz CT molecular complexity index is 1380. The molecule has 0 aliphatic carbocycles. The van der Waals surface area contributed by atoms with Crippen LogP contribution in [0, 0.1) is 0 Å². The lowest BCUT2D eigenvalue weighted by molar-refractivity contribution is -0.301. The van der Waals surface area contributed by atoms with Crippen molar-refractivity contribution in [3.8, 4) is 0 Å². The van der Waals surface area contributed by atoms with Gasteiger partial charge in [-0.05, 0) is 77.0 Å². The molecule has 1 saturated heterocycles. The van der Waals surface area contributed by atoms with Crippen LogP contribution < -0.4 is 0 Å². The Balaban J connectivity index is 2.36. The van der Waals surface area contributed by atoms with Gasteiger partial charge in [0.05, 0.1) is 19.8 Å². The van der Waals surface area contributed by atoms with E-state index in [0.717, 1.165) is 70.6 Å². The summed E-state index contributed by atoms with van der Waals surface area (Å²) < 4.78 is 59.2. The van der Waals surface area contributed by atoms with Gasteiger partial charge in [0.15, 0.2) is 6.29 Å². The van der Waals surface area contributed by atoms with Gasteiger partial charge in [0, 0.05) is 13.0 Å². The number of hydrogen-bond donors (Lipinski definition) is 4. The van der Waals surface area contributed by atoms with Crippen molar-refractivity contribution in [2.75, 3.05) is 26.4 Å². The third-order valence-corrected chi connectivity index (χ3v) is 12.1. The summed E-state index contributed by atoms with van der Waals surface area (Å²) in [5.74, 6) is -0.423. The van der Waals surface area contributed by atoms with Gasteiger partial charge in [0.2, 0.25) is 0 Å². The van der Waals surface area contributed by atoms with E-state index in [9.17, 15) is 33.1 Å². The molecule has 0 aromatic carbocycles. The third kappa shape index (κ3) is 36.8. The number of hydrogen-bond acceptors (Lipinski definition) is 11. The Morgan fingerprint density at radius 2 is 1.05 bits per heavy atom. The van der Waals surface area contributed by atoms with E-state index in [1.54, 1.807) is 0 Å². The molecule has 12 nitrogen and oxygen atoms in total. The van der Waals surface area contributed by atoms with Gasteiger partial charge >= 0.3 is 16.4 Å². The van der Waals surface area contributed by atoms with Gasteiger partial charge in [-0.15, -0.1) is 0 Å². The fourth-order valence-corrected chi connectivity index (χ4v) is 8.23. The van der Waals surface area contributed by atoms with Crippen LogP contribution in [0.2, 0.25) is 0 Å². The highest BCUT2D eigenvalue weighted by Gasteiger charge is 2.48. The molecule has 1 aliphatic rings. The third-order valence-electron chi connectivity index (χ3n) is 11.6. The predicted molar refractivity (Wildman–Crippen MR) is 266 cm³/mol. The zero-order valence-electron chi connectivity index (χ0n) is 41.2. The molecule has 1 rings (SSSR count). The highest BCUT2D eigenvalue weighted by atomic mass is 32.3. The normalized spacial score (nSPS) is 20.0. The van der Waals surface area contributed by atoms with Crippen molar-refractivity contribution < 1.29 is 56.2 Å². The van der Waals surface area contributed by atoms with Crippen molar-refractivity contribution in [1.29, 1.82) is 0 Å². The monoisotopic (exact) mass is 955 g/mol. The first kappa shape index (κ1) is 61.8. The topological polar surface area (TPSA) is 178 Å². The van der Waals surface area contributed by atoms with Gasteiger partial charge in [0.1, 0.15) is 30.5 Å². The Labute approximate surface area is 401 Å². The van der Waals surface area contributed by atoms with Crippen molar-refractivity contribution in [2.45, 2.75) is 243 Å². The minimum absolute atomic E-state index is 0.0233. The maximum atomic E-state index is 12.9. The molecular formula is C53H94O12S. The number of esters is 1. The Kier molecular flexibility index (Phi) is 41.2. The summed E-state index contributed by atoms with van der Waals surface area (Å²) in [5.41, 5.74) is 0. The van der Waals surface area contributed by atoms with Crippen molar-refractivity contribution in [1.82, 2.24) is 0 Å². The lowest BCUT2D eigenvalue weighted by atomic mass is 9.99. The van der Waals surface area contributed by atoms with Gasteiger partial charge in [0.25, 0.3) is 0 Å². The smallest absolute Gasteiger partial charge is 0.397 e. The van der Waals surface area contributed by atoms with Crippen molar-refractivity contribution >= 4 is 16.4 Å². The summed E-state index contributed by atoms with van der Waals surface area (Å²) in [6.45, 7) is 3.86. The van der Waals surface area contributed by atoms with Crippen molar-refractivity contribution in [3.63, 3.8) is 0 Å². The van der Waals surface area contributed by atoms with Gasteiger partial charge in [-0.2, -0.15) is 8.42 Å². The van der Waals surface area contributed by atoms with Crippen LogP contribution in [0.3, 0.4) is 0 Å². The average molecular weight is 955 g/mol. The molecule has 1 heterocycles. The summed E-state index contributed by atoms with van der Waals surface area (Å²) in [7, 11) is -5.07. The summed E-state index contributed by atoms with van der Waals surface area (Å²) in [5, 5.41) is 30.8. The van der Waals surface area contributed by atoms with E-state index in [4.69, 9.17) is 18.9 Å². The molecule has 6 unspecified atom stereocenters. The van der Waals surface area contributed by atoms with Crippen LogP contribution in [-0.2, 0) is 38.3 Å². The van der Waals surface area contributed by atoms with Crippen LogP contribution in [0.1, 0.15) is 206 Å². The van der Waals surface area contributed by atoms with E-state index in [2.05, 4.69) is 78.8 Å². The first-order chi connectivity index (χ1) is 32.1. The molecule has 0 radical (unpaired) electrons. The van der Waals surface area contributed by atoms with Crippen LogP contribution >= 0.6 is 0 Å². The van der Waals surface area contributed by atoms with Crippen molar-refractivity contribution in [3.05, 3.63) is 60.8 Å². The van der Waals surface area contributed by atoms with Crippen molar-refractivity contribution in [2.24, 2.45) is 0 Å². The molecule has 0 aromatic heterocycles. The van der Waals surface area contributed by atoms with Crippen LogP contribution in [0.4, 0.5) is 0 Å². The molecule has 0 amide bonds. The van der Waals surface area contributed by atoms with Crippen LogP contribution in [-0.4, -0.2) is 97.5 Å². The minimum Gasteiger partial charge on any atom is -0.457 e. The number of allylic oxidation sites excluding steroid dienone is 10. The molecule has 6 atom stereocenters. The Hall–Kier alpha value is -2.20. The predicted octanol–water partition coefficient (Wildman–Crippen LogP) is 12.1. The Morgan fingerprint density at radius 3 is 1.55 bits per heavy atom. The molecule has 0 aromatic rings. The Morgan fingerprint density at radius 1 is 0.591 bits per heavy atom. The average Bonchev–Trinajstić information content (AvgIpc) is 3.29. The van der Waals surface area contributed by atoms with E-state index < -0.39 is 59.8 Å². The maximum absolute atomic E-state index is 12.9. The number of rotatable bonds is 45. The summed E-state index contributed by atoms with van der Waals surface area (Å²) in [4.78, 5) is 12.9. The van der Waals surface area contributed by atoms with Gasteiger partial charge in [-0.1, -0.05) is 184 Å². The van der Waals surface area contributed by atoms with Gasteiger partial charge in [-0.25, -0.2) is 4.18 Å². The summed E-state index contributed by atoms with van der Waals surface area (Å²) in [6, 6.07) is 0. The molecule has 66 heavy (non-hydrogen) atoms. The highest BCUT2D eigenvalue weighted by molar-refractivity contribution is 7.80. The largest absolute Gasteiger partial charge is 0.457 e. The number of unbranched alkanes of at least 4 members (excludes halogenated alkanes) is 22. The first-order valence-corrected chi connectivity index (χ1v) is 27.4. The van der Waals surface area contributed by atoms with Crippen LogP contribution in [0.25, 0.3) is 0 Å². The number of ether oxygens (including phenoxy) is 4. The zero-order valence-corrected chi connectivity index (χ0v) is 42.1. The summed E-state index contributed by atoms with van der Waals surface area (Å²) >= 11 is 0. The molecule has 0 bridgehead atoms. The molecule has 384 valence electrons. The van der Waals surface area contributed by atoms with E-state index in [1.807, 2.05) is 0 Å². The number of carbonyl (C=O) groups is 1. The molecule has 1 fully saturated rings. The molecular weight excluding hydrogens is 861 g/mol. The summed E-state index contributed by atoms with van der Waals surface area (Å²) in [6.07, 6.45) is 46.8. The fraction of sp³-hybridized carbons (Fsp3) is 0.792. The highest BCUT2D eigenvalue weighted by Crippen LogP contribution is 2.26. The van der Waals surface area contributed by atoms with E-state index in [0.29, 0.717) is 13.0 Å². The number of carbonyl (C=O) groups excluding carboxylic acids is 1. The fourth-order valence-electron chi connectivity index (χ4n) is 7.72. The molecule has 1 aliphatic heterocycles. The number of aliphatic hydroxyl groups excluding tert-OH is 3. The molecule has 0 saturated carbocycles. The van der Waals surface area contributed by atoms with E-state index >= 15 is 0 Å². The van der Waals surface area contributed by atoms with E-state index in [1.165, 1.54) is 109 Å².